The van der Waals surface area contributed by atoms with E-state index in [1.165, 1.54) is 0 Å². The van der Waals surface area contributed by atoms with E-state index < -0.39 is 5.54 Å². The quantitative estimate of drug-likeness (QED) is 0.796. The van der Waals surface area contributed by atoms with E-state index in [4.69, 9.17) is 10.5 Å². The molecular weight excluding hydrogens is 240 g/mol. The first-order valence-corrected chi connectivity index (χ1v) is 6.89. The van der Waals surface area contributed by atoms with E-state index >= 15 is 0 Å². The first kappa shape index (κ1) is 15.5. The van der Waals surface area contributed by atoms with Crippen LogP contribution >= 0.6 is 0 Å². The lowest BCUT2D eigenvalue weighted by Crippen LogP contribution is -2.50. The highest BCUT2D eigenvalue weighted by atomic mass is 16.5. The first-order valence-electron chi connectivity index (χ1n) is 6.89. The number of anilines is 1. The van der Waals surface area contributed by atoms with Crippen molar-refractivity contribution in [1.82, 2.24) is 0 Å². The van der Waals surface area contributed by atoms with Crippen molar-refractivity contribution in [2.24, 2.45) is 5.73 Å². The van der Waals surface area contributed by atoms with Crippen LogP contribution in [0, 0.1) is 0 Å². The van der Waals surface area contributed by atoms with Crippen molar-refractivity contribution in [3.63, 3.8) is 0 Å². The minimum absolute atomic E-state index is 0.139. The number of benzene rings is 1. The lowest BCUT2D eigenvalue weighted by Gasteiger charge is -2.25. The van der Waals surface area contributed by atoms with Crippen LogP contribution in [-0.2, 0) is 4.79 Å². The molecule has 3 N–H and O–H groups in total. The standard InChI is InChI=1S/C15H24N2O2/c1-4-11-19-13-9-7-12(8-10-13)17-14(18)15(16,5-2)6-3/h7-10H,4-6,11,16H2,1-3H3,(H,17,18). The van der Waals surface area contributed by atoms with Gasteiger partial charge in [-0.3, -0.25) is 4.79 Å². The average Bonchev–Trinajstić information content (AvgIpc) is 2.45. The first-order chi connectivity index (χ1) is 9.05. The molecule has 4 heteroatoms. The summed E-state index contributed by atoms with van der Waals surface area (Å²) in [5.41, 5.74) is 5.99. The van der Waals surface area contributed by atoms with Gasteiger partial charge in [0, 0.05) is 5.69 Å². The van der Waals surface area contributed by atoms with E-state index in [-0.39, 0.29) is 5.91 Å². The zero-order valence-corrected chi connectivity index (χ0v) is 12.0. The molecule has 0 saturated carbocycles. The summed E-state index contributed by atoms with van der Waals surface area (Å²) in [4.78, 5) is 12.1. The van der Waals surface area contributed by atoms with Crippen LogP contribution in [0.4, 0.5) is 5.69 Å². The lowest BCUT2D eigenvalue weighted by molar-refractivity contribution is -0.121. The molecule has 1 aromatic carbocycles. The molecule has 1 amide bonds. The highest BCUT2D eigenvalue weighted by molar-refractivity contribution is 5.97. The van der Waals surface area contributed by atoms with Crippen LogP contribution in [-0.4, -0.2) is 18.1 Å². The number of nitrogens with two attached hydrogens (primary N) is 1. The smallest absolute Gasteiger partial charge is 0.244 e. The third-order valence-electron chi connectivity index (χ3n) is 3.30. The van der Waals surface area contributed by atoms with Crippen LogP contribution in [0.3, 0.4) is 0 Å². The summed E-state index contributed by atoms with van der Waals surface area (Å²) in [6.07, 6.45) is 2.21. The molecule has 0 atom stereocenters. The second-order valence-electron chi connectivity index (χ2n) is 4.69. The van der Waals surface area contributed by atoms with Gasteiger partial charge in [0.05, 0.1) is 12.1 Å². The summed E-state index contributed by atoms with van der Waals surface area (Å²) in [5.74, 6) is 0.671. The van der Waals surface area contributed by atoms with Crippen molar-refractivity contribution in [1.29, 1.82) is 0 Å². The Labute approximate surface area is 115 Å². The average molecular weight is 264 g/mol. The van der Waals surface area contributed by atoms with Gasteiger partial charge in [-0.1, -0.05) is 20.8 Å². The number of rotatable bonds is 7. The monoisotopic (exact) mass is 264 g/mol. The molecule has 0 fully saturated rings. The third-order valence-corrected chi connectivity index (χ3v) is 3.30. The highest BCUT2D eigenvalue weighted by Gasteiger charge is 2.29. The topological polar surface area (TPSA) is 64.3 Å². The molecule has 0 saturated heterocycles. The molecule has 0 unspecified atom stereocenters. The minimum Gasteiger partial charge on any atom is -0.494 e. The molecule has 0 radical (unpaired) electrons. The lowest BCUT2D eigenvalue weighted by atomic mass is 9.93. The summed E-state index contributed by atoms with van der Waals surface area (Å²) in [6, 6.07) is 7.35. The molecule has 1 rings (SSSR count). The number of hydrogen-bond donors (Lipinski definition) is 2. The van der Waals surface area contributed by atoms with Crippen molar-refractivity contribution in [3.8, 4) is 5.75 Å². The molecule has 0 heterocycles. The maximum Gasteiger partial charge on any atom is 0.244 e. The van der Waals surface area contributed by atoms with E-state index in [1.54, 1.807) is 0 Å². The fourth-order valence-corrected chi connectivity index (χ4v) is 1.68. The van der Waals surface area contributed by atoms with E-state index in [1.807, 2.05) is 38.1 Å². The van der Waals surface area contributed by atoms with Gasteiger partial charge >= 0.3 is 0 Å². The highest BCUT2D eigenvalue weighted by Crippen LogP contribution is 2.19. The number of nitrogens with one attached hydrogen (secondary N) is 1. The zero-order valence-electron chi connectivity index (χ0n) is 12.0. The number of ether oxygens (including phenoxy) is 1. The van der Waals surface area contributed by atoms with Crippen LogP contribution in [0.25, 0.3) is 0 Å². The van der Waals surface area contributed by atoms with Crippen LogP contribution in [0.1, 0.15) is 40.0 Å². The van der Waals surface area contributed by atoms with Crippen LogP contribution in [0.15, 0.2) is 24.3 Å². The van der Waals surface area contributed by atoms with Crippen LogP contribution in [0.2, 0.25) is 0 Å². The molecule has 0 aliphatic carbocycles. The van der Waals surface area contributed by atoms with Gasteiger partial charge in [0.25, 0.3) is 0 Å². The maximum atomic E-state index is 12.1. The molecule has 0 aliphatic heterocycles. The van der Waals surface area contributed by atoms with Gasteiger partial charge in [0.1, 0.15) is 5.75 Å². The van der Waals surface area contributed by atoms with Gasteiger partial charge < -0.3 is 15.8 Å². The van der Waals surface area contributed by atoms with Gasteiger partial charge in [-0.15, -0.1) is 0 Å². The molecule has 106 valence electrons. The summed E-state index contributed by atoms with van der Waals surface area (Å²) in [7, 11) is 0. The molecule has 0 aromatic heterocycles. The van der Waals surface area contributed by atoms with E-state index in [2.05, 4.69) is 12.2 Å². The Kier molecular flexibility index (Phi) is 5.83. The fourth-order valence-electron chi connectivity index (χ4n) is 1.68. The second-order valence-corrected chi connectivity index (χ2v) is 4.69. The Morgan fingerprint density at radius 2 is 1.79 bits per heavy atom. The van der Waals surface area contributed by atoms with Gasteiger partial charge in [0.15, 0.2) is 0 Å². The number of carbonyl (C=O) groups is 1. The molecule has 0 bridgehead atoms. The normalized spacial score (nSPS) is 11.2. The van der Waals surface area contributed by atoms with Crippen molar-refractivity contribution < 1.29 is 9.53 Å². The Morgan fingerprint density at radius 1 is 1.21 bits per heavy atom. The molecule has 19 heavy (non-hydrogen) atoms. The number of carbonyl (C=O) groups excluding carboxylic acids is 1. The minimum atomic E-state index is -0.794. The molecule has 4 nitrogen and oxygen atoms in total. The van der Waals surface area contributed by atoms with Crippen LogP contribution < -0.4 is 15.8 Å². The molecule has 0 spiro atoms. The van der Waals surface area contributed by atoms with Gasteiger partial charge in [0.2, 0.25) is 5.91 Å². The molecule has 0 aliphatic rings. The predicted molar refractivity (Wildman–Crippen MR) is 78.4 cm³/mol. The molecular formula is C15H24N2O2. The second kappa shape index (κ2) is 7.14. The SMILES string of the molecule is CCCOc1ccc(NC(=O)C(N)(CC)CC)cc1. The predicted octanol–water partition coefficient (Wildman–Crippen LogP) is 2.93. The van der Waals surface area contributed by atoms with Gasteiger partial charge in [-0.2, -0.15) is 0 Å². The van der Waals surface area contributed by atoms with Crippen molar-refractivity contribution >= 4 is 11.6 Å². The zero-order chi connectivity index (χ0) is 14.3. The van der Waals surface area contributed by atoms with E-state index in [9.17, 15) is 4.79 Å². The van der Waals surface area contributed by atoms with Gasteiger partial charge in [-0.05, 0) is 43.5 Å². The Hall–Kier alpha value is -1.55. The number of amides is 1. The summed E-state index contributed by atoms with van der Waals surface area (Å²) < 4.78 is 5.49. The summed E-state index contributed by atoms with van der Waals surface area (Å²) in [5, 5.41) is 2.85. The van der Waals surface area contributed by atoms with E-state index in [0.29, 0.717) is 19.4 Å². The molecule has 1 aromatic rings. The third kappa shape index (κ3) is 4.24. The van der Waals surface area contributed by atoms with Crippen LogP contribution in [0.5, 0.6) is 5.75 Å². The Morgan fingerprint density at radius 3 is 2.26 bits per heavy atom. The fraction of sp³-hybridized carbons (Fsp3) is 0.533. The van der Waals surface area contributed by atoms with Crippen molar-refractivity contribution in [3.05, 3.63) is 24.3 Å². The van der Waals surface area contributed by atoms with E-state index in [0.717, 1.165) is 17.9 Å². The maximum absolute atomic E-state index is 12.1. The Balaban J connectivity index is 2.65. The summed E-state index contributed by atoms with van der Waals surface area (Å²) in [6.45, 7) is 6.60. The summed E-state index contributed by atoms with van der Waals surface area (Å²) >= 11 is 0. The van der Waals surface area contributed by atoms with Crippen molar-refractivity contribution in [2.75, 3.05) is 11.9 Å². The largest absolute Gasteiger partial charge is 0.494 e. The van der Waals surface area contributed by atoms with Gasteiger partial charge in [-0.25, -0.2) is 0 Å². The Bertz CT molecular complexity index is 397. The van der Waals surface area contributed by atoms with Crippen molar-refractivity contribution in [2.45, 2.75) is 45.6 Å². The number of hydrogen-bond acceptors (Lipinski definition) is 3.